The third-order valence-electron chi connectivity index (χ3n) is 3.29. The molecule has 0 aromatic heterocycles. The zero-order valence-corrected chi connectivity index (χ0v) is 10.9. The van der Waals surface area contributed by atoms with Crippen LogP contribution in [0.3, 0.4) is 0 Å². The molecule has 0 saturated heterocycles. The molecular weight excluding hydrogens is 200 g/mol. The van der Waals surface area contributed by atoms with Gasteiger partial charge in [-0.1, -0.05) is 33.6 Å². The van der Waals surface area contributed by atoms with Gasteiger partial charge in [0.25, 0.3) is 0 Å². The Hall–Kier alpha value is -0.570. The van der Waals surface area contributed by atoms with Crippen LogP contribution in [-0.2, 0) is 4.79 Å². The highest BCUT2D eigenvalue weighted by atomic mass is 16.1. The highest BCUT2D eigenvalue weighted by Gasteiger charge is 2.17. The van der Waals surface area contributed by atoms with E-state index in [1.54, 1.807) is 0 Å². The van der Waals surface area contributed by atoms with Crippen LogP contribution in [-0.4, -0.2) is 24.5 Å². The van der Waals surface area contributed by atoms with Gasteiger partial charge < -0.3 is 10.6 Å². The first-order valence-electron chi connectivity index (χ1n) is 6.60. The fourth-order valence-corrected chi connectivity index (χ4v) is 2.21. The monoisotopic (exact) mass is 226 g/mol. The molecule has 0 aromatic rings. The summed E-state index contributed by atoms with van der Waals surface area (Å²) in [6, 6.07) is 0.784. The van der Waals surface area contributed by atoms with Crippen LogP contribution in [0.2, 0.25) is 0 Å². The van der Waals surface area contributed by atoms with Gasteiger partial charge in [-0.2, -0.15) is 0 Å². The van der Waals surface area contributed by atoms with Crippen molar-refractivity contribution in [1.29, 1.82) is 0 Å². The first-order chi connectivity index (χ1) is 7.58. The Kier molecular flexibility index (Phi) is 5.81. The van der Waals surface area contributed by atoms with Gasteiger partial charge in [-0.05, 0) is 25.2 Å². The highest BCUT2D eigenvalue weighted by molar-refractivity contribution is 5.78. The quantitative estimate of drug-likeness (QED) is 0.721. The Balaban J connectivity index is 2.22. The summed E-state index contributed by atoms with van der Waals surface area (Å²) in [6.45, 7) is 6.87. The number of carbonyl (C=O) groups excluding carboxylic acids is 1. The molecule has 3 nitrogen and oxygen atoms in total. The molecule has 0 radical (unpaired) electrons. The maximum atomic E-state index is 11.6. The molecule has 0 aliphatic heterocycles. The first kappa shape index (κ1) is 13.5. The lowest BCUT2D eigenvalue weighted by molar-refractivity contribution is -0.121. The first-order valence-corrected chi connectivity index (χ1v) is 6.60. The van der Waals surface area contributed by atoms with E-state index in [9.17, 15) is 4.79 Å². The summed E-state index contributed by atoms with van der Waals surface area (Å²) in [6.07, 6.45) is 6.12. The maximum absolute atomic E-state index is 11.6. The van der Waals surface area contributed by atoms with Gasteiger partial charge in [-0.15, -0.1) is 0 Å². The number of carbonyl (C=O) groups is 1. The van der Waals surface area contributed by atoms with Gasteiger partial charge in [0.05, 0.1) is 6.54 Å². The smallest absolute Gasteiger partial charge is 0.234 e. The fourth-order valence-electron chi connectivity index (χ4n) is 2.21. The zero-order valence-electron chi connectivity index (χ0n) is 10.9. The summed E-state index contributed by atoms with van der Waals surface area (Å²) < 4.78 is 0. The Morgan fingerprint density at radius 1 is 1.25 bits per heavy atom. The lowest BCUT2D eigenvalue weighted by Crippen LogP contribution is -2.41. The van der Waals surface area contributed by atoms with Crippen LogP contribution in [0.25, 0.3) is 0 Å². The topological polar surface area (TPSA) is 41.1 Å². The van der Waals surface area contributed by atoms with E-state index in [2.05, 4.69) is 31.4 Å². The molecule has 16 heavy (non-hydrogen) atoms. The van der Waals surface area contributed by atoms with E-state index in [0.717, 1.165) is 18.8 Å². The minimum atomic E-state index is 0.147. The number of amides is 1. The third kappa shape index (κ3) is 5.50. The van der Waals surface area contributed by atoms with Crippen molar-refractivity contribution in [3.63, 3.8) is 0 Å². The van der Waals surface area contributed by atoms with Crippen molar-refractivity contribution >= 4 is 5.91 Å². The summed E-state index contributed by atoms with van der Waals surface area (Å²) in [4.78, 5) is 11.6. The molecule has 0 spiro atoms. The normalized spacial score (nSPS) is 26.5. The molecule has 2 atom stereocenters. The average Bonchev–Trinajstić information content (AvgIpc) is 2.41. The summed E-state index contributed by atoms with van der Waals surface area (Å²) >= 11 is 0. The molecule has 1 amide bonds. The lowest BCUT2D eigenvalue weighted by Gasteiger charge is -2.17. The average molecular weight is 226 g/mol. The van der Waals surface area contributed by atoms with Crippen molar-refractivity contribution in [1.82, 2.24) is 10.6 Å². The van der Waals surface area contributed by atoms with Gasteiger partial charge in [-0.25, -0.2) is 0 Å². The van der Waals surface area contributed by atoms with Gasteiger partial charge >= 0.3 is 0 Å². The van der Waals surface area contributed by atoms with Crippen molar-refractivity contribution in [2.24, 2.45) is 5.92 Å². The highest BCUT2D eigenvalue weighted by Crippen LogP contribution is 2.22. The molecule has 2 unspecified atom stereocenters. The van der Waals surface area contributed by atoms with Crippen LogP contribution in [0.4, 0.5) is 0 Å². The zero-order chi connectivity index (χ0) is 12.0. The van der Waals surface area contributed by atoms with Gasteiger partial charge in [-0.3, -0.25) is 4.79 Å². The summed E-state index contributed by atoms with van der Waals surface area (Å²) in [5, 5.41) is 6.28. The minimum absolute atomic E-state index is 0.147. The number of hydrogen-bond donors (Lipinski definition) is 2. The number of rotatable bonds is 4. The second-order valence-electron chi connectivity index (χ2n) is 5.41. The van der Waals surface area contributed by atoms with Crippen molar-refractivity contribution in [2.45, 2.75) is 65.0 Å². The molecule has 2 N–H and O–H groups in total. The molecule has 0 bridgehead atoms. The Labute approximate surface area is 99.4 Å². The summed E-state index contributed by atoms with van der Waals surface area (Å²) in [5.41, 5.74) is 0. The standard InChI is InChI=1S/C13H26N2O/c1-10(2)14-9-13(16)15-12-6-4-5-11(3)7-8-12/h10-12,14H,4-9H2,1-3H3,(H,15,16). The van der Waals surface area contributed by atoms with Gasteiger partial charge in [0.15, 0.2) is 0 Å². The predicted molar refractivity (Wildman–Crippen MR) is 67.3 cm³/mol. The van der Waals surface area contributed by atoms with E-state index in [0.29, 0.717) is 18.6 Å². The second kappa shape index (κ2) is 6.89. The fraction of sp³-hybridized carbons (Fsp3) is 0.923. The van der Waals surface area contributed by atoms with E-state index in [1.165, 1.54) is 19.3 Å². The van der Waals surface area contributed by atoms with Crippen LogP contribution < -0.4 is 10.6 Å². The predicted octanol–water partition coefficient (Wildman–Crippen LogP) is 2.07. The maximum Gasteiger partial charge on any atom is 0.234 e. The van der Waals surface area contributed by atoms with E-state index < -0.39 is 0 Å². The van der Waals surface area contributed by atoms with Crippen LogP contribution >= 0.6 is 0 Å². The summed E-state index contributed by atoms with van der Waals surface area (Å²) in [5.74, 6) is 0.976. The molecule has 3 heteroatoms. The second-order valence-corrected chi connectivity index (χ2v) is 5.41. The van der Waals surface area contributed by atoms with Crippen molar-refractivity contribution in [3.05, 3.63) is 0 Å². The Bertz CT molecular complexity index is 216. The number of hydrogen-bond acceptors (Lipinski definition) is 2. The van der Waals surface area contributed by atoms with Gasteiger partial charge in [0.2, 0.25) is 5.91 Å². The molecule has 1 rings (SSSR count). The van der Waals surface area contributed by atoms with Crippen LogP contribution in [0.1, 0.15) is 52.9 Å². The van der Waals surface area contributed by atoms with Crippen LogP contribution in [0.5, 0.6) is 0 Å². The minimum Gasteiger partial charge on any atom is -0.352 e. The largest absolute Gasteiger partial charge is 0.352 e. The van der Waals surface area contributed by atoms with E-state index in [-0.39, 0.29) is 5.91 Å². The Morgan fingerprint density at radius 3 is 2.69 bits per heavy atom. The molecule has 0 aromatic carbocycles. The third-order valence-corrected chi connectivity index (χ3v) is 3.29. The molecule has 1 aliphatic carbocycles. The van der Waals surface area contributed by atoms with Crippen LogP contribution in [0, 0.1) is 5.92 Å². The molecule has 1 aliphatic rings. The van der Waals surface area contributed by atoms with Crippen molar-refractivity contribution < 1.29 is 4.79 Å². The molecular formula is C13H26N2O. The van der Waals surface area contributed by atoms with E-state index >= 15 is 0 Å². The lowest BCUT2D eigenvalue weighted by atomic mass is 10.0. The molecule has 1 fully saturated rings. The van der Waals surface area contributed by atoms with Crippen molar-refractivity contribution in [2.75, 3.05) is 6.54 Å². The van der Waals surface area contributed by atoms with Crippen LogP contribution in [0.15, 0.2) is 0 Å². The molecule has 94 valence electrons. The molecule has 0 heterocycles. The van der Waals surface area contributed by atoms with E-state index in [4.69, 9.17) is 0 Å². The number of nitrogens with one attached hydrogen (secondary N) is 2. The SMILES string of the molecule is CC1CCCC(NC(=O)CNC(C)C)CC1. The van der Waals surface area contributed by atoms with Gasteiger partial charge in [0, 0.05) is 12.1 Å². The summed E-state index contributed by atoms with van der Waals surface area (Å²) in [7, 11) is 0. The van der Waals surface area contributed by atoms with Crippen molar-refractivity contribution in [3.8, 4) is 0 Å². The van der Waals surface area contributed by atoms with E-state index in [1.807, 2.05) is 0 Å². The molecule has 1 saturated carbocycles. The van der Waals surface area contributed by atoms with Gasteiger partial charge in [0.1, 0.15) is 0 Å². The Morgan fingerprint density at radius 2 is 2.00 bits per heavy atom.